The Bertz CT molecular complexity index is 277. The van der Waals surface area contributed by atoms with Crippen LogP contribution in [0.3, 0.4) is 0 Å². The van der Waals surface area contributed by atoms with Gasteiger partial charge in [-0.15, -0.1) is 0 Å². The molecule has 1 heterocycles. The first-order chi connectivity index (χ1) is 5.83. The van der Waals surface area contributed by atoms with Crippen molar-refractivity contribution in [3.05, 3.63) is 17.5 Å². The molecule has 0 saturated carbocycles. The third-order valence-electron chi connectivity index (χ3n) is 2.68. The summed E-state index contributed by atoms with van der Waals surface area (Å²) >= 11 is 0. The van der Waals surface area contributed by atoms with Crippen LogP contribution < -0.4 is 5.32 Å². The largest absolute Gasteiger partial charge is 0.312 e. The van der Waals surface area contributed by atoms with Gasteiger partial charge < -0.3 is 5.32 Å². The van der Waals surface area contributed by atoms with Crippen LogP contribution in [-0.2, 0) is 13.5 Å². The summed E-state index contributed by atoms with van der Waals surface area (Å²) in [4.78, 5) is 0. The van der Waals surface area contributed by atoms with E-state index in [0.29, 0.717) is 6.04 Å². The first kappa shape index (κ1) is 7.80. The summed E-state index contributed by atoms with van der Waals surface area (Å²) in [6, 6.07) is 0.515. The van der Waals surface area contributed by atoms with Gasteiger partial charge in [-0.3, -0.25) is 4.68 Å². The Kier molecular flexibility index (Phi) is 1.89. The van der Waals surface area contributed by atoms with Crippen molar-refractivity contribution in [2.24, 2.45) is 7.05 Å². The van der Waals surface area contributed by atoms with Gasteiger partial charge >= 0.3 is 0 Å². The van der Waals surface area contributed by atoms with Gasteiger partial charge in [-0.2, -0.15) is 5.10 Å². The van der Waals surface area contributed by atoms with Crippen molar-refractivity contribution < 1.29 is 0 Å². The second-order valence-corrected chi connectivity index (χ2v) is 3.41. The maximum atomic E-state index is 4.27. The van der Waals surface area contributed by atoms with Gasteiger partial charge in [0.1, 0.15) is 0 Å². The fraction of sp³-hybridized carbons (Fsp3) is 0.667. The van der Waals surface area contributed by atoms with Crippen molar-refractivity contribution in [2.75, 3.05) is 7.05 Å². The standard InChI is InChI=1S/C9H15N3/c1-10-8-5-3-4-7-6-11-12(2)9(7)8/h6,8,10H,3-5H2,1-2H3. The van der Waals surface area contributed by atoms with E-state index >= 15 is 0 Å². The molecule has 2 rings (SSSR count). The first-order valence-corrected chi connectivity index (χ1v) is 4.51. The molecule has 0 aromatic carbocycles. The van der Waals surface area contributed by atoms with E-state index in [4.69, 9.17) is 0 Å². The van der Waals surface area contributed by atoms with Gasteiger partial charge in [0.05, 0.1) is 11.9 Å². The number of hydrogen-bond donors (Lipinski definition) is 1. The molecule has 1 atom stereocenters. The summed E-state index contributed by atoms with van der Waals surface area (Å²) in [5, 5.41) is 7.60. The molecular weight excluding hydrogens is 150 g/mol. The molecule has 1 unspecified atom stereocenters. The van der Waals surface area contributed by atoms with Crippen LogP contribution in [-0.4, -0.2) is 16.8 Å². The third kappa shape index (κ3) is 1.05. The van der Waals surface area contributed by atoms with E-state index in [2.05, 4.69) is 10.4 Å². The Morgan fingerprint density at radius 2 is 2.50 bits per heavy atom. The predicted octanol–water partition coefficient (Wildman–Crippen LogP) is 1.02. The molecule has 3 heteroatoms. The van der Waals surface area contributed by atoms with Crippen molar-refractivity contribution >= 4 is 0 Å². The molecule has 66 valence electrons. The van der Waals surface area contributed by atoms with Gasteiger partial charge in [-0.1, -0.05) is 0 Å². The molecule has 3 nitrogen and oxygen atoms in total. The number of hydrogen-bond acceptors (Lipinski definition) is 2. The topological polar surface area (TPSA) is 29.9 Å². The average molecular weight is 165 g/mol. The molecule has 0 amide bonds. The maximum absolute atomic E-state index is 4.27. The lowest BCUT2D eigenvalue weighted by molar-refractivity contribution is 0.464. The fourth-order valence-corrected chi connectivity index (χ4v) is 2.05. The minimum absolute atomic E-state index is 0.515. The zero-order chi connectivity index (χ0) is 8.55. The van der Waals surface area contributed by atoms with Crippen LogP contribution in [0, 0.1) is 0 Å². The van der Waals surface area contributed by atoms with Gasteiger partial charge in [0.15, 0.2) is 0 Å². The Morgan fingerprint density at radius 1 is 1.67 bits per heavy atom. The molecule has 0 spiro atoms. The van der Waals surface area contributed by atoms with Gasteiger partial charge in [0, 0.05) is 13.1 Å². The molecule has 12 heavy (non-hydrogen) atoms. The van der Waals surface area contributed by atoms with E-state index in [1.165, 1.54) is 30.5 Å². The number of aromatic nitrogens is 2. The summed E-state index contributed by atoms with van der Waals surface area (Å²) in [5.74, 6) is 0. The minimum Gasteiger partial charge on any atom is -0.312 e. The number of fused-ring (bicyclic) bond motifs is 1. The highest BCUT2D eigenvalue weighted by Crippen LogP contribution is 2.28. The normalized spacial score (nSPS) is 22.3. The fourth-order valence-electron chi connectivity index (χ4n) is 2.05. The zero-order valence-corrected chi connectivity index (χ0v) is 7.67. The van der Waals surface area contributed by atoms with Gasteiger partial charge in [-0.05, 0) is 31.9 Å². The minimum atomic E-state index is 0.515. The van der Waals surface area contributed by atoms with Crippen LogP contribution in [0.25, 0.3) is 0 Å². The van der Waals surface area contributed by atoms with Crippen molar-refractivity contribution in [1.82, 2.24) is 15.1 Å². The lowest BCUT2D eigenvalue weighted by atomic mass is 9.94. The van der Waals surface area contributed by atoms with E-state index in [1.807, 2.05) is 25.0 Å². The lowest BCUT2D eigenvalue weighted by Crippen LogP contribution is -2.23. The van der Waals surface area contributed by atoms with Crippen LogP contribution in [0.15, 0.2) is 6.20 Å². The zero-order valence-electron chi connectivity index (χ0n) is 7.67. The predicted molar refractivity (Wildman–Crippen MR) is 47.9 cm³/mol. The molecule has 0 radical (unpaired) electrons. The second kappa shape index (κ2) is 2.90. The van der Waals surface area contributed by atoms with E-state index in [9.17, 15) is 0 Å². The Hall–Kier alpha value is -0.830. The highest BCUT2D eigenvalue weighted by atomic mass is 15.3. The van der Waals surface area contributed by atoms with E-state index in [0.717, 1.165) is 0 Å². The van der Waals surface area contributed by atoms with Crippen LogP contribution in [0.1, 0.15) is 30.1 Å². The Labute approximate surface area is 72.8 Å². The second-order valence-electron chi connectivity index (χ2n) is 3.41. The molecule has 0 aliphatic heterocycles. The van der Waals surface area contributed by atoms with Crippen LogP contribution in [0.2, 0.25) is 0 Å². The molecule has 1 aliphatic rings. The number of nitrogens with zero attached hydrogens (tertiary/aromatic N) is 2. The van der Waals surface area contributed by atoms with Crippen LogP contribution in [0.5, 0.6) is 0 Å². The van der Waals surface area contributed by atoms with Gasteiger partial charge in [-0.25, -0.2) is 0 Å². The van der Waals surface area contributed by atoms with Crippen molar-refractivity contribution in [2.45, 2.75) is 25.3 Å². The summed E-state index contributed by atoms with van der Waals surface area (Å²) < 4.78 is 2.00. The Morgan fingerprint density at radius 3 is 3.25 bits per heavy atom. The summed E-state index contributed by atoms with van der Waals surface area (Å²) in [6.45, 7) is 0. The summed E-state index contributed by atoms with van der Waals surface area (Å²) in [5.41, 5.74) is 2.80. The summed E-state index contributed by atoms with van der Waals surface area (Å²) in [7, 11) is 4.04. The molecule has 0 saturated heterocycles. The molecule has 1 aromatic rings. The smallest absolute Gasteiger partial charge is 0.0582 e. The Balaban J connectivity index is 2.41. The third-order valence-corrected chi connectivity index (χ3v) is 2.68. The van der Waals surface area contributed by atoms with E-state index < -0.39 is 0 Å². The van der Waals surface area contributed by atoms with Gasteiger partial charge in [0.25, 0.3) is 0 Å². The first-order valence-electron chi connectivity index (χ1n) is 4.51. The van der Waals surface area contributed by atoms with Crippen molar-refractivity contribution in [3.8, 4) is 0 Å². The SMILES string of the molecule is CNC1CCCc2cnn(C)c21. The lowest BCUT2D eigenvalue weighted by Gasteiger charge is -2.22. The molecular formula is C9H15N3. The van der Waals surface area contributed by atoms with Crippen LogP contribution in [0.4, 0.5) is 0 Å². The van der Waals surface area contributed by atoms with E-state index in [-0.39, 0.29) is 0 Å². The van der Waals surface area contributed by atoms with Crippen LogP contribution >= 0.6 is 0 Å². The molecule has 1 aliphatic carbocycles. The summed E-state index contributed by atoms with van der Waals surface area (Å²) in [6.07, 6.45) is 5.72. The van der Waals surface area contributed by atoms with E-state index in [1.54, 1.807) is 0 Å². The highest BCUT2D eigenvalue weighted by molar-refractivity contribution is 5.23. The van der Waals surface area contributed by atoms with Crippen molar-refractivity contribution in [1.29, 1.82) is 0 Å². The number of nitrogens with one attached hydrogen (secondary N) is 1. The molecule has 1 aromatic heterocycles. The maximum Gasteiger partial charge on any atom is 0.0582 e. The number of rotatable bonds is 1. The van der Waals surface area contributed by atoms with Crippen molar-refractivity contribution in [3.63, 3.8) is 0 Å². The quantitative estimate of drug-likeness (QED) is 0.673. The van der Waals surface area contributed by atoms with Gasteiger partial charge in [0.2, 0.25) is 0 Å². The average Bonchev–Trinajstić information content (AvgIpc) is 2.48. The highest BCUT2D eigenvalue weighted by Gasteiger charge is 2.21. The molecule has 0 fully saturated rings. The monoisotopic (exact) mass is 165 g/mol. The molecule has 0 bridgehead atoms. The molecule has 1 N–H and O–H groups in total. The number of aryl methyl sites for hydroxylation is 2.